The molecule has 0 spiro atoms. The van der Waals surface area contributed by atoms with Gasteiger partial charge < -0.3 is 0 Å². The van der Waals surface area contributed by atoms with Crippen molar-refractivity contribution in [2.45, 2.75) is 30.7 Å². The van der Waals surface area contributed by atoms with E-state index in [0.717, 1.165) is 35.7 Å². The minimum atomic E-state index is -3.61. The highest BCUT2D eigenvalue weighted by molar-refractivity contribution is 7.89. The highest BCUT2D eigenvalue weighted by Gasteiger charge is 2.37. The first-order chi connectivity index (χ1) is 11.6. The summed E-state index contributed by atoms with van der Waals surface area (Å²) in [5.74, 6) is 0. The van der Waals surface area contributed by atoms with Gasteiger partial charge in [0, 0.05) is 6.54 Å². The molecule has 1 aromatic heterocycles. The Labute approximate surface area is 145 Å². The zero-order valence-corrected chi connectivity index (χ0v) is 14.8. The average molecular weight is 359 g/mol. The van der Waals surface area contributed by atoms with Crippen LogP contribution in [0.2, 0.25) is 0 Å². The Balaban J connectivity index is 1.82. The summed E-state index contributed by atoms with van der Waals surface area (Å²) in [5.41, 5.74) is 3.31. The van der Waals surface area contributed by atoms with Crippen molar-refractivity contribution >= 4 is 32.8 Å². The number of rotatable bonds is 3. The van der Waals surface area contributed by atoms with Gasteiger partial charge >= 0.3 is 0 Å². The normalized spacial score (nSPS) is 19.1. The third kappa shape index (κ3) is 2.44. The van der Waals surface area contributed by atoms with Crippen LogP contribution in [0.1, 0.15) is 30.0 Å². The van der Waals surface area contributed by atoms with Crippen LogP contribution in [0.3, 0.4) is 0 Å². The van der Waals surface area contributed by atoms with Crippen molar-refractivity contribution in [2.75, 3.05) is 6.54 Å². The lowest BCUT2D eigenvalue weighted by atomic mass is 10.0. The van der Waals surface area contributed by atoms with E-state index in [4.69, 9.17) is 0 Å². The Morgan fingerprint density at radius 3 is 2.79 bits per heavy atom. The molecule has 1 aliphatic heterocycles. The predicted molar refractivity (Wildman–Crippen MR) is 94.5 cm³/mol. The van der Waals surface area contributed by atoms with Gasteiger partial charge in [-0.2, -0.15) is 13.1 Å². The topological polar surface area (TPSA) is 63.2 Å². The maximum atomic E-state index is 13.3. The number of aromatic nitrogens is 2. The number of benzene rings is 2. The summed E-state index contributed by atoms with van der Waals surface area (Å²) in [7, 11) is -3.61. The Morgan fingerprint density at radius 2 is 1.96 bits per heavy atom. The van der Waals surface area contributed by atoms with Crippen molar-refractivity contribution in [3.05, 3.63) is 53.6 Å². The summed E-state index contributed by atoms with van der Waals surface area (Å²) >= 11 is 1.04. The van der Waals surface area contributed by atoms with Crippen LogP contribution in [0.5, 0.6) is 0 Å². The van der Waals surface area contributed by atoms with Crippen molar-refractivity contribution in [1.29, 1.82) is 0 Å². The fraction of sp³-hybridized carbons (Fsp3) is 0.294. The Morgan fingerprint density at radius 1 is 1.12 bits per heavy atom. The molecule has 0 radical (unpaired) electrons. The maximum absolute atomic E-state index is 13.3. The Bertz CT molecular complexity index is 998. The lowest BCUT2D eigenvalue weighted by molar-refractivity contribution is 0.396. The standard InChI is InChI=1S/C17H17N3O2S2/c1-12-6-2-3-7-13(12)15-9-5-11-20(15)24(21,22)16-10-4-8-14-17(16)19-23-18-14/h2-4,6-8,10,15H,5,9,11H2,1H3/t15-/m0/s1. The Kier molecular flexibility index (Phi) is 3.86. The van der Waals surface area contributed by atoms with Crippen molar-refractivity contribution in [3.63, 3.8) is 0 Å². The molecule has 3 aromatic rings. The molecule has 2 aromatic carbocycles. The summed E-state index contributed by atoms with van der Waals surface area (Å²) in [4.78, 5) is 0.259. The quantitative estimate of drug-likeness (QED) is 0.718. The summed E-state index contributed by atoms with van der Waals surface area (Å²) in [6.45, 7) is 2.57. The second-order valence-electron chi connectivity index (χ2n) is 6.02. The van der Waals surface area contributed by atoms with Gasteiger partial charge in [-0.3, -0.25) is 0 Å². The summed E-state index contributed by atoms with van der Waals surface area (Å²) < 4.78 is 36.6. The zero-order chi connectivity index (χ0) is 16.7. The van der Waals surface area contributed by atoms with E-state index in [1.54, 1.807) is 22.5 Å². The van der Waals surface area contributed by atoms with Crippen molar-refractivity contribution in [3.8, 4) is 0 Å². The summed E-state index contributed by atoms with van der Waals surface area (Å²) in [6, 6.07) is 13.0. The van der Waals surface area contributed by atoms with Crippen molar-refractivity contribution < 1.29 is 8.42 Å². The summed E-state index contributed by atoms with van der Waals surface area (Å²) in [5, 5.41) is 0. The van der Waals surface area contributed by atoms with E-state index < -0.39 is 10.0 Å². The van der Waals surface area contributed by atoms with E-state index in [-0.39, 0.29) is 10.9 Å². The van der Waals surface area contributed by atoms with Crippen LogP contribution in [-0.2, 0) is 10.0 Å². The van der Waals surface area contributed by atoms with Crippen LogP contribution >= 0.6 is 11.7 Å². The maximum Gasteiger partial charge on any atom is 0.245 e. The number of hydrogen-bond donors (Lipinski definition) is 0. The molecule has 0 N–H and O–H groups in total. The number of fused-ring (bicyclic) bond motifs is 1. The first kappa shape index (κ1) is 15.7. The minimum Gasteiger partial charge on any atom is -0.207 e. The lowest BCUT2D eigenvalue weighted by Crippen LogP contribution is -2.31. The van der Waals surface area contributed by atoms with Gasteiger partial charge in [-0.15, -0.1) is 0 Å². The van der Waals surface area contributed by atoms with Crippen LogP contribution in [0, 0.1) is 6.92 Å². The van der Waals surface area contributed by atoms with Crippen LogP contribution in [0.25, 0.3) is 11.0 Å². The molecule has 0 saturated carbocycles. The molecule has 1 fully saturated rings. The van der Waals surface area contributed by atoms with Gasteiger partial charge in [-0.25, -0.2) is 8.42 Å². The molecule has 24 heavy (non-hydrogen) atoms. The molecule has 7 heteroatoms. The number of nitrogens with zero attached hydrogens (tertiary/aromatic N) is 3. The van der Waals surface area contributed by atoms with E-state index in [1.165, 1.54) is 0 Å². The third-order valence-corrected chi connectivity index (χ3v) is 7.07. The predicted octanol–water partition coefficient (Wildman–Crippen LogP) is 3.53. The number of sulfonamides is 1. The fourth-order valence-electron chi connectivity index (χ4n) is 3.42. The van der Waals surface area contributed by atoms with E-state index >= 15 is 0 Å². The van der Waals surface area contributed by atoms with Gasteiger partial charge in [0.05, 0.1) is 17.8 Å². The molecule has 124 valence electrons. The van der Waals surface area contributed by atoms with Crippen molar-refractivity contribution in [1.82, 2.24) is 13.1 Å². The minimum absolute atomic E-state index is 0.113. The van der Waals surface area contributed by atoms with Crippen LogP contribution < -0.4 is 0 Å². The first-order valence-corrected chi connectivity index (χ1v) is 10.0. The molecule has 0 amide bonds. The van der Waals surface area contributed by atoms with Gasteiger partial charge in [0.2, 0.25) is 10.0 Å². The molecule has 5 nitrogen and oxygen atoms in total. The highest BCUT2D eigenvalue weighted by Crippen LogP contribution is 2.38. The smallest absolute Gasteiger partial charge is 0.207 e. The number of aryl methyl sites for hydroxylation is 1. The van der Waals surface area contributed by atoms with Crippen LogP contribution in [0.4, 0.5) is 0 Å². The first-order valence-electron chi connectivity index (χ1n) is 7.88. The van der Waals surface area contributed by atoms with Crippen LogP contribution in [-0.4, -0.2) is 28.0 Å². The van der Waals surface area contributed by atoms with E-state index in [2.05, 4.69) is 8.75 Å². The monoisotopic (exact) mass is 359 g/mol. The van der Waals surface area contributed by atoms with Gasteiger partial charge in [0.1, 0.15) is 15.9 Å². The van der Waals surface area contributed by atoms with Gasteiger partial charge in [0.25, 0.3) is 0 Å². The van der Waals surface area contributed by atoms with Crippen LogP contribution in [0.15, 0.2) is 47.4 Å². The molecule has 0 bridgehead atoms. The van der Waals surface area contributed by atoms with Crippen molar-refractivity contribution in [2.24, 2.45) is 0 Å². The average Bonchev–Trinajstić information content (AvgIpc) is 3.24. The molecule has 1 saturated heterocycles. The largest absolute Gasteiger partial charge is 0.245 e. The zero-order valence-electron chi connectivity index (χ0n) is 13.2. The molecule has 0 unspecified atom stereocenters. The highest BCUT2D eigenvalue weighted by atomic mass is 32.2. The molecule has 4 rings (SSSR count). The lowest BCUT2D eigenvalue weighted by Gasteiger charge is -2.25. The van der Waals surface area contributed by atoms with E-state index in [9.17, 15) is 8.42 Å². The second kappa shape index (κ2) is 5.91. The summed E-state index contributed by atoms with van der Waals surface area (Å²) in [6.07, 6.45) is 1.71. The van der Waals surface area contributed by atoms with E-state index in [1.807, 2.05) is 31.2 Å². The fourth-order valence-corrected chi connectivity index (χ4v) is 5.84. The molecular weight excluding hydrogens is 342 g/mol. The molecule has 1 aliphatic rings. The van der Waals surface area contributed by atoms with E-state index in [0.29, 0.717) is 17.6 Å². The third-order valence-electron chi connectivity index (χ3n) is 4.59. The van der Waals surface area contributed by atoms with Gasteiger partial charge in [-0.05, 0) is 43.0 Å². The molecule has 2 heterocycles. The molecular formula is C17H17N3O2S2. The molecule has 0 aliphatic carbocycles. The molecule has 1 atom stereocenters. The Hall–Kier alpha value is -1.83. The van der Waals surface area contributed by atoms with Gasteiger partial charge in [0.15, 0.2) is 0 Å². The number of hydrogen-bond acceptors (Lipinski definition) is 5. The SMILES string of the molecule is Cc1ccccc1[C@@H]1CCCN1S(=O)(=O)c1cccc2nsnc12. The second-order valence-corrected chi connectivity index (χ2v) is 8.41. The van der Waals surface area contributed by atoms with Gasteiger partial charge in [-0.1, -0.05) is 30.3 Å².